The zero-order chi connectivity index (χ0) is 12.3. The van der Waals surface area contributed by atoms with Crippen molar-refractivity contribution in [1.82, 2.24) is 4.90 Å². The molecule has 1 aliphatic rings. The van der Waals surface area contributed by atoms with Crippen molar-refractivity contribution >= 4 is 0 Å². The number of nitrogens with two attached hydrogens (primary N) is 1. The summed E-state index contributed by atoms with van der Waals surface area (Å²) in [5.41, 5.74) is 5.49. The van der Waals surface area contributed by atoms with Gasteiger partial charge < -0.3 is 15.6 Å². The second-order valence-corrected chi connectivity index (χ2v) is 5.46. The van der Waals surface area contributed by atoms with Crippen molar-refractivity contribution in [2.75, 3.05) is 20.3 Å². The second-order valence-electron chi connectivity index (χ2n) is 5.46. The first-order chi connectivity index (χ1) is 7.37. The molecule has 1 heterocycles. The summed E-state index contributed by atoms with van der Waals surface area (Å²) in [5.74, 6) is 0. The molecule has 1 aliphatic heterocycles. The van der Waals surface area contributed by atoms with Crippen molar-refractivity contribution in [2.45, 2.75) is 57.3 Å². The second kappa shape index (κ2) is 5.45. The molecule has 1 rings (SSSR count). The van der Waals surface area contributed by atoms with E-state index in [0.717, 1.165) is 19.4 Å². The largest absolute Gasteiger partial charge is 0.394 e. The Morgan fingerprint density at radius 3 is 2.69 bits per heavy atom. The minimum atomic E-state index is -0.490. The molecule has 0 amide bonds. The molecule has 0 radical (unpaired) electrons. The average molecular weight is 230 g/mol. The van der Waals surface area contributed by atoms with Crippen LogP contribution in [0.1, 0.15) is 33.6 Å². The smallest absolute Gasteiger partial charge is 0.0703 e. The van der Waals surface area contributed by atoms with Crippen LogP contribution in [-0.2, 0) is 4.74 Å². The molecule has 1 fully saturated rings. The van der Waals surface area contributed by atoms with Gasteiger partial charge >= 0.3 is 0 Å². The van der Waals surface area contributed by atoms with E-state index in [-0.39, 0.29) is 6.61 Å². The highest BCUT2D eigenvalue weighted by Gasteiger charge is 2.32. The summed E-state index contributed by atoms with van der Waals surface area (Å²) in [4.78, 5) is 2.33. The van der Waals surface area contributed by atoms with E-state index in [4.69, 9.17) is 10.5 Å². The van der Waals surface area contributed by atoms with E-state index in [9.17, 15) is 5.11 Å². The summed E-state index contributed by atoms with van der Waals surface area (Å²) in [6, 6.07) is 0.834. The number of ether oxygens (including phenoxy) is 1. The molecule has 0 aromatic heterocycles. The molecular formula is C12H26N2O2. The van der Waals surface area contributed by atoms with Crippen LogP contribution in [0.25, 0.3) is 0 Å². The third-order valence-electron chi connectivity index (χ3n) is 3.68. The maximum absolute atomic E-state index is 9.17. The minimum absolute atomic E-state index is 0.0297. The summed E-state index contributed by atoms with van der Waals surface area (Å²) in [5, 5.41) is 9.17. The van der Waals surface area contributed by atoms with E-state index in [0.29, 0.717) is 18.2 Å². The number of aliphatic hydroxyl groups excluding tert-OH is 1. The van der Waals surface area contributed by atoms with Crippen LogP contribution in [0.3, 0.4) is 0 Å². The van der Waals surface area contributed by atoms with E-state index >= 15 is 0 Å². The Hall–Kier alpha value is -0.160. The van der Waals surface area contributed by atoms with Crippen LogP contribution in [0.2, 0.25) is 0 Å². The maximum Gasteiger partial charge on any atom is 0.0703 e. The van der Waals surface area contributed by atoms with Gasteiger partial charge in [0.1, 0.15) is 0 Å². The van der Waals surface area contributed by atoms with Gasteiger partial charge in [0.2, 0.25) is 0 Å². The van der Waals surface area contributed by atoms with Crippen LogP contribution < -0.4 is 5.73 Å². The van der Waals surface area contributed by atoms with Gasteiger partial charge in [-0.1, -0.05) is 0 Å². The zero-order valence-electron chi connectivity index (χ0n) is 10.9. The van der Waals surface area contributed by atoms with Crippen molar-refractivity contribution in [3.05, 3.63) is 0 Å². The molecular weight excluding hydrogens is 204 g/mol. The van der Waals surface area contributed by atoms with E-state index in [2.05, 4.69) is 25.8 Å². The Labute approximate surface area is 98.8 Å². The standard InChI is InChI=1S/C12H26N2O2/c1-9(7-12(3,13)8-15)14(4)11-5-6-16-10(11)2/h9-11,15H,5-8,13H2,1-4H3. The van der Waals surface area contributed by atoms with Gasteiger partial charge in [-0.15, -0.1) is 0 Å². The SMILES string of the molecule is CC1OCCC1N(C)C(C)CC(C)(N)CO. The van der Waals surface area contributed by atoms with Crippen molar-refractivity contribution < 1.29 is 9.84 Å². The van der Waals surface area contributed by atoms with Gasteiger partial charge in [-0.25, -0.2) is 0 Å². The molecule has 4 atom stereocenters. The van der Waals surface area contributed by atoms with E-state index in [1.807, 2.05) is 6.92 Å². The summed E-state index contributed by atoms with van der Waals surface area (Å²) in [7, 11) is 2.12. The predicted molar refractivity (Wildman–Crippen MR) is 65.3 cm³/mol. The van der Waals surface area contributed by atoms with Crippen LogP contribution in [0.15, 0.2) is 0 Å². The topological polar surface area (TPSA) is 58.7 Å². The number of hydrogen-bond donors (Lipinski definition) is 2. The molecule has 0 spiro atoms. The van der Waals surface area contributed by atoms with Gasteiger partial charge in [-0.05, 0) is 40.7 Å². The lowest BCUT2D eigenvalue weighted by Gasteiger charge is -2.36. The number of aliphatic hydroxyl groups is 1. The lowest BCUT2D eigenvalue weighted by Crippen LogP contribution is -2.49. The van der Waals surface area contributed by atoms with Gasteiger partial charge in [0.25, 0.3) is 0 Å². The average Bonchev–Trinajstić information content (AvgIpc) is 2.62. The fraction of sp³-hybridized carbons (Fsp3) is 1.00. The van der Waals surface area contributed by atoms with Crippen LogP contribution in [0.5, 0.6) is 0 Å². The van der Waals surface area contributed by atoms with E-state index < -0.39 is 5.54 Å². The van der Waals surface area contributed by atoms with Gasteiger partial charge in [0.15, 0.2) is 0 Å². The van der Waals surface area contributed by atoms with Gasteiger partial charge in [-0.3, -0.25) is 4.90 Å². The van der Waals surface area contributed by atoms with Crippen molar-refractivity contribution in [3.63, 3.8) is 0 Å². The molecule has 96 valence electrons. The Kier molecular flexibility index (Phi) is 4.73. The highest BCUT2D eigenvalue weighted by molar-refractivity contribution is 4.88. The Morgan fingerprint density at radius 1 is 1.62 bits per heavy atom. The van der Waals surface area contributed by atoms with Gasteiger partial charge in [0, 0.05) is 24.2 Å². The number of likely N-dealkylation sites (N-methyl/N-ethyl adjacent to an activating group) is 1. The summed E-state index contributed by atoms with van der Waals surface area (Å²) < 4.78 is 5.57. The molecule has 4 unspecified atom stereocenters. The molecule has 4 heteroatoms. The predicted octanol–water partition coefficient (Wildman–Crippen LogP) is 0.584. The molecule has 0 saturated carbocycles. The number of rotatable bonds is 5. The molecule has 1 saturated heterocycles. The third-order valence-corrected chi connectivity index (χ3v) is 3.68. The fourth-order valence-electron chi connectivity index (χ4n) is 2.47. The first-order valence-electron chi connectivity index (χ1n) is 6.10. The van der Waals surface area contributed by atoms with Crippen LogP contribution in [0.4, 0.5) is 0 Å². The molecule has 0 aliphatic carbocycles. The zero-order valence-corrected chi connectivity index (χ0v) is 10.9. The number of hydrogen-bond acceptors (Lipinski definition) is 4. The fourth-order valence-corrected chi connectivity index (χ4v) is 2.47. The molecule has 16 heavy (non-hydrogen) atoms. The van der Waals surface area contributed by atoms with Crippen LogP contribution >= 0.6 is 0 Å². The monoisotopic (exact) mass is 230 g/mol. The normalized spacial score (nSPS) is 31.7. The molecule has 0 bridgehead atoms. The van der Waals surface area contributed by atoms with E-state index in [1.54, 1.807) is 0 Å². The number of nitrogens with zero attached hydrogens (tertiary/aromatic N) is 1. The van der Waals surface area contributed by atoms with E-state index in [1.165, 1.54) is 0 Å². The summed E-state index contributed by atoms with van der Waals surface area (Å²) >= 11 is 0. The Bertz CT molecular complexity index is 221. The Balaban J connectivity index is 2.50. The summed E-state index contributed by atoms with van der Waals surface area (Å²) in [6.07, 6.45) is 2.18. The third kappa shape index (κ3) is 3.42. The lowest BCUT2D eigenvalue weighted by atomic mass is 9.94. The van der Waals surface area contributed by atoms with Gasteiger partial charge in [0.05, 0.1) is 12.7 Å². The molecule has 0 aromatic carbocycles. The van der Waals surface area contributed by atoms with Crippen LogP contribution in [0, 0.1) is 0 Å². The quantitative estimate of drug-likeness (QED) is 0.725. The lowest BCUT2D eigenvalue weighted by molar-refractivity contribution is 0.0604. The van der Waals surface area contributed by atoms with Crippen molar-refractivity contribution in [3.8, 4) is 0 Å². The highest BCUT2D eigenvalue weighted by Crippen LogP contribution is 2.22. The van der Waals surface area contributed by atoms with Gasteiger partial charge in [-0.2, -0.15) is 0 Å². The highest BCUT2D eigenvalue weighted by atomic mass is 16.5. The van der Waals surface area contributed by atoms with Crippen molar-refractivity contribution in [2.24, 2.45) is 5.73 Å². The maximum atomic E-state index is 9.17. The van der Waals surface area contributed by atoms with Crippen molar-refractivity contribution in [1.29, 1.82) is 0 Å². The first-order valence-corrected chi connectivity index (χ1v) is 6.10. The molecule has 0 aromatic rings. The molecule has 3 N–H and O–H groups in total. The Morgan fingerprint density at radius 2 is 2.25 bits per heavy atom. The minimum Gasteiger partial charge on any atom is -0.394 e. The summed E-state index contributed by atoms with van der Waals surface area (Å²) in [6.45, 7) is 7.05. The van der Waals surface area contributed by atoms with Crippen LogP contribution in [-0.4, -0.2) is 54.0 Å². The first kappa shape index (κ1) is 13.9. The molecule has 4 nitrogen and oxygen atoms in total.